The van der Waals surface area contributed by atoms with Gasteiger partial charge in [0.25, 0.3) is 5.91 Å². The molecule has 1 amide bonds. The highest BCUT2D eigenvalue weighted by molar-refractivity contribution is 7.21. The van der Waals surface area contributed by atoms with Crippen molar-refractivity contribution < 1.29 is 4.79 Å². The van der Waals surface area contributed by atoms with Crippen LogP contribution >= 0.6 is 11.3 Å². The van der Waals surface area contributed by atoms with Crippen LogP contribution in [0.2, 0.25) is 0 Å². The third-order valence-corrected chi connectivity index (χ3v) is 5.67. The monoisotopic (exact) mass is 397 g/mol. The summed E-state index contributed by atoms with van der Waals surface area (Å²) in [6.45, 7) is 1.97. The Morgan fingerprint density at radius 1 is 0.897 bits per heavy atom. The average Bonchev–Trinajstić information content (AvgIpc) is 3.19. The first-order chi connectivity index (χ1) is 14.2. The van der Waals surface area contributed by atoms with Gasteiger partial charge in [0.2, 0.25) is 0 Å². The van der Waals surface area contributed by atoms with Crippen LogP contribution in [0.5, 0.6) is 0 Å². The smallest absolute Gasteiger partial charge is 0.275 e. The number of carbonyl (C=O) groups excluding carboxylic acids is 1. The van der Waals surface area contributed by atoms with Gasteiger partial charge in [-0.25, -0.2) is 15.0 Å². The van der Waals surface area contributed by atoms with E-state index in [1.807, 2.05) is 61.5 Å². The van der Waals surface area contributed by atoms with Gasteiger partial charge in [-0.15, -0.1) is 0 Å². The normalized spacial score (nSPS) is 11.1. The van der Waals surface area contributed by atoms with Crippen molar-refractivity contribution in [2.45, 2.75) is 6.92 Å². The lowest BCUT2D eigenvalue weighted by Gasteiger charge is -2.11. The van der Waals surface area contributed by atoms with Crippen LogP contribution in [-0.2, 0) is 0 Å². The molecule has 0 radical (unpaired) electrons. The van der Waals surface area contributed by atoms with Crippen LogP contribution in [0.25, 0.3) is 32.0 Å². The molecule has 0 saturated heterocycles. The van der Waals surface area contributed by atoms with E-state index in [-0.39, 0.29) is 11.6 Å². The Balaban J connectivity index is 1.48. The molecule has 3 aromatic heterocycles. The maximum absolute atomic E-state index is 12.8. The minimum Gasteiger partial charge on any atom is -0.320 e. The Morgan fingerprint density at radius 2 is 1.72 bits per heavy atom. The van der Waals surface area contributed by atoms with Crippen molar-refractivity contribution in [3.63, 3.8) is 0 Å². The summed E-state index contributed by atoms with van der Waals surface area (Å²) in [4.78, 5) is 31.4. The first-order valence-electron chi connectivity index (χ1n) is 9.04. The van der Waals surface area contributed by atoms with Crippen LogP contribution in [0.4, 0.5) is 5.69 Å². The molecule has 3 heterocycles. The van der Waals surface area contributed by atoms with Crippen LogP contribution in [0.15, 0.2) is 67.0 Å². The summed E-state index contributed by atoms with van der Waals surface area (Å²) in [6, 6.07) is 17.1. The van der Waals surface area contributed by atoms with Crippen molar-refractivity contribution >= 4 is 44.3 Å². The predicted molar refractivity (Wildman–Crippen MR) is 115 cm³/mol. The fourth-order valence-electron chi connectivity index (χ4n) is 3.14. The summed E-state index contributed by atoms with van der Waals surface area (Å²) in [5.74, 6) is -0.297. The van der Waals surface area contributed by atoms with Crippen molar-refractivity contribution in [3.05, 3.63) is 78.2 Å². The van der Waals surface area contributed by atoms with E-state index in [4.69, 9.17) is 0 Å². The van der Waals surface area contributed by atoms with E-state index < -0.39 is 0 Å². The zero-order valence-electron chi connectivity index (χ0n) is 15.5. The molecule has 1 N–H and O–H groups in total. The van der Waals surface area contributed by atoms with Crippen LogP contribution in [0, 0.1) is 6.92 Å². The fourth-order valence-corrected chi connectivity index (χ4v) is 4.13. The number of carbonyl (C=O) groups is 1. The van der Waals surface area contributed by atoms with Crippen LogP contribution in [0.3, 0.4) is 0 Å². The third kappa shape index (κ3) is 3.21. The van der Waals surface area contributed by atoms with Gasteiger partial charge in [0.1, 0.15) is 21.0 Å². The SMILES string of the molecule is Cc1c(NC(=O)c2cnc3ccccc3n2)cccc1-c1nc2cccnc2s1. The molecule has 5 aromatic rings. The van der Waals surface area contributed by atoms with Gasteiger partial charge in [0.05, 0.1) is 17.2 Å². The van der Waals surface area contributed by atoms with E-state index in [0.717, 1.165) is 37.7 Å². The van der Waals surface area contributed by atoms with Gasteiger partial charge in [-0.1, -0.05) is 35.6 Å². The van der Waals surface area contributed by atoms with Gasteiger partial charge in [-0.05, 0) is 42.8 Å². The number of amides is 1. The number of thiazole rings is 1. The van der Waals surface area contributed by atoms with E-state index in [2.05, 4.69) is 25.3 Å². The lowest BCUT2D eigenvalue weighted by atomic mass is 10.1. The molecule has 0 fully saturated rings. The van der Waals surface area contributed by atoms with E-state index in [9.17, 15) is 4.79 Å². The number of nitrogens with zero attached hydrogens (tertiary/aromatic N) is 4. The number of para-hydroxylation sites is 2. The lowest BCUT2D eigenvalue weighted by Crippen LogP contribution is -2.15. The fraction of sp³-hybridized carbons (Fsp3) is 0.0455. The molecule has 0 aliphatic carbocycles. The van der Waals surface area contributed by atoms with Gasteiger partial charge in [0, 0.05) is 17.4 Å². The summed E-state index contributed by atoms with van der Waals surface area (Å²) in [7, 11) is 0. The molecule has 2 aromatic carbocycles. The second-order valence-corrected chi connectivity index (χ2v) is 7.50. The first kappa shape index (κ1) is 17.4. The number of pyridine rings is 1. The summed E-state index contributed by atoms with van der Waals surface area (Å²) in [5, 5.41) is 3.83. The zero-order chi connectivity index (χ0) is 19.8. The number of aromatic nitrogens is 4. The van der Waals surface area contributed by atoms with Gasteiger partial charge >= 0.3 is 0 Å². The predicted octanol–water partition coefficient (Wildman–Crippen LogP) is 4.86. The number of rotatable bonds is 3. The number of hydrogen-bond acceptors (Lipinski definition) is 6. The molecule has 0 saturated carbocycles. The molecule has 140 valence electrons. The van der Waals surface area contributed by atoms with Gasteiger partial charge in [-0.2, -0.15) is 0 Å². The van der Waals surface area contributed by atoms with Gasteiger partial charge in [-0.3, -0.25) is 9.78 Å². The summed E-state index contributed by atoms with van der Waals surface area (Å²) in [5.41, 5.74) is 5.21. The molecular formula is C22H15N5OS. The minimum absolute atomic E-state index is 0.276. The van der Waals surface area contributed by atoms with Crippen LogP contribution in [-0.4, -0.2) is 25.8 Å². The molecule has 5 rings (SSSR count). The second kappa shape index (κ2) is 7.03. The largest absolute Gasteiger partial charge is 0.320 e. The lowest BCUT2D eigenvalue weighted by molar-refractivity contribution is 0.102. The van der Waals surface area contributed by atoms with Crippen molar-refractivity contribution in [2.24, 2.45) is 0 Å². The van der Waals surface area contributed by atoms with E-state index in [0.29, 0.717) is 5.52 Å². The van der Waals surface area contributed by atoms with Crippen molar-refractivity contribution in [3.8, 4) is 10.6 Å². The Morgan fingerprint density at radius 3 is 2.59 bits per heavy atom. The standard InChI is InChI=1S/C22H15N5OS/c1-13-14(21-27-18-10-5-11-23-22(18)29-21)6-4-9-15(13)26-20(28)19-12-24-16-7-2-3-8-17(16)25-19/h2-12H,1H3,(H,26,28). The summed E-state index contributed by atoms with van der Waals surface area (Å²) >= 11 is 1.53. The molecule has 0 aliphatic heterocycles. The minimum atomic E-state index is -0.297. The number of benzene rings is 2. The maximum Gasteiger partial charge on any atom is 0.275 e. The molecule has 0 bridgehead atoms. The number of anilines is 1. The molecule has 6 nitrogen and oxygen atoms in total. The third-order valence-electron chi connectivity index (χ3n) is 4.66. The number of nitrogens with one attached hydrogen (secondary N) is 1. The van der Waals surface area contributed by atoms with E-state index in [1.165, 1.54) is 17.5 Å². The highest BCUT2D eigenvalue weighted by Gasteiger charge is 2.15. The molecule has 0 unspecified atom stereocenters. The Hall–Kier alpha value is -3.71. The molecule has 29 heavy (non-hydrogen) atoms. The average molecular weight is 397 g/mol. The second-order valence-electron chi connectivity index (χ2n) is 6.52. The van der Waals surface area contributed by atoms with E-state index in [1.54, 1.807) is 6.20 Å². The maximum atomic E-state index is 12.8. The quantitative estimate of drug-likeness (QED) is 0.470. The molecular weight excluding hydrogens is 382 g/mol. The van der Waals surface area contributed by atoms with Crippen LogP contribution < -0.4 is 5.32 Å². The van der Waals surface area contributed by atoms with Crippen LogP contribution in [0.1, 0.15) is 16.1 Å². The molecule has 0 aliphatic rings. The molecule has 7 heteroatoms. The molecule has 0 atom stereocenters. The first-order valence-corrected chi connectivity index (χ1v) is 9.85. The van der Waals surface area contributed by atoms with E-state index >= 15 is 0 Å². The Bertz CT molecular complexity index is 1350. The van der Waals surface area contributed by atoms with Gasteiger partial charge < -0.3 is 5.32 Å². The Kier molecular flexibility index (Phi) is 4.22. The van der Waals surface area contributed by atoms with Crippen molar-refractivity contribution in [1.29, 1.82) is 0 Å². The summed E-state index contributed by atoms with van der Waals surface area (Å²) in [6.07, 6.45) is 3.26. The van der Waals surface area contributed by atoms with Crippen molar-refractivity contribution in [2.75, 3.05) is 5.32 Å². The van der Waals surface area contributed by atoms with Crippen molar-refractivity contribution in [1.82, 2.24) is 19.9 Å². The topological polar surface area (TPSA) is 80.7 Å². The summed E-state index contributed by atoms with van der Waals surface area (Å²) < 4.78 is 0. The zero-order valence-corrected chi connectivity index (χ0v) is 16.3. The highest BCUT2D eigenvalue weighted by atomic mass is 32.1. The highest BCUT2D eigenvalue weighted by Crippen LogP contribution is 2.33. The number of fused-ring (bicyclic) bond motifs is 2. The molecule has 0 spiro atoms. The van der Waals surface area contributed by atoms with Gasteiger partial charge in [0.15, 0.2) is 0 Å². The Labute approximate surface area is 170 Å². The number of hydrogen-bond donors (Lipinski definition) is 1.